The molecule has 0 aliphatic carbocycles. The Bertz CT molecular complexity index is 915. The van der Waals surface area contributed by atoms with E-state index >= 15 is 0 Å². The highest BCUT2D eigenvalue weighted by Crippen LogP contribution is 2.55. The molecule has 0 radical (unpaired) electrons. The van der Waals surface area contributed by atoms with Crippen molar-refractivity contribution >= 4 is 37.1 Å². The minimum atomic E-state index is -4.85. The van der Waals surface area contributed by atoms with Crippen LogP contribution in [-0.2, 0) is 23.7 Å². The first-order valence-corrected chi connectivity index (χ1v) is 11.2. The Hall–Kier alpha value is -2.17. The highest BCUT2D eigenvalue weighted by atomic mass is 32.2. The molecule has 29 heavy (non-hydrogen) atoms. The zero-order valence-corrected chi connectivity index (χ0v) is 16.9. The molecule has 2 amide bonds. The fraction of sp³-hybridized carbons (Fsp3) is 0.353. The summed E-state index contributed by atoms with van der Waals surface area (Å²) < 4.78 is 16.8. The molecule has 0 aromatic heterocycles. The summed E-state index contributed by atoms with van der Waals surface area (Å²) >= 11 is 1.17. The number of aliphatic hydroxyl groups is 1. The quantitative estimate of drug-likeness (QED) is 0.272. The van der Waals surface area contributed by atoms with Gasteiger partial charge in [-0.15, -0.1) is 11.8 Å². The molecule has 156 valence electrons. The summed E-state index contributed by atoms with van der Waals surface area (Å²) in [4.78, 5) is 56.2. The monoisotopic (exact) mass is 442 g/mol. The molecule has 2 aliphatic heterocycles. The Morgan fingerprint density at radius 2 is 2.00 bits per heavy atom. The smallest absolute Gasteiger partial charge is 0.372 e. The Kier molecular flexibility index (Phi) is 6.16. The maximum Gasteiger partial charge on any atom is 0.372 e. The molecule has 1 saturated heterocycles. The number of nitrogens with one attached hydrogen (secondary N) is 1. The zero-order valence-electron chi connectivity index (χ0n) is 15.2. The third kappa shape index (κ3) is 4.39. The summed E-state index contributed by atoms with van der Waals surface area (Å²) in [6.07, 6.45) is -1.48. The molecular weight excluding hydrogens is 423 g/mol. The Balaban J connectivity index is 1.76. The molecule has 1 aromatic rings. The number of fused-ring (bicyclic) bond motifs is 1. The standard InChI is InChI=1S/C17H19N2O8PS/c1-9(20)27-7-11-8-29-17-12(15(23)19(17)16(11)28(24,25)26)18-14(22)13(21)10-5-3-2-4-6-10/h2-6,12-13,17,21H,7-8H2,1H3,(H,18,22)(H2,24,25,26)/t12-,13?,17-/m1/s1. The van der Waals surface area contributed by atoms with Crippen molar-refractivity contribution in [2.45, 2.75) is 24.4 Å². The number of amides is 2. The summed E-state index contributed by atoms with van der Waals surface area (Å²) in [6.45, 7) is 0.817. The number of thioether (sulfide) groups is 1. The van der Waals surface area contributed by atoms with Gasteiger partial charge in [-0.1, -0.05) is 30.3 Å². The third-order valence-corrected chi connectivity index (χ3v) is 6.83. The molecular formula is C17H19N2O8PS. The maximum atomic E-state index is 12.6. The lowest BCUT2D eigenvalue weighted by atomic mass is 10.0. The van der Waals surface area contributed by atoms with Gasteiger partial charge >= 0.3 is 13.6 Å². The minimum Gasteiger partial charge on any atom is -0.461 e. The third-order valence-electron chi connectivity index (χ3n) is 4.40. The number of carbonyl (C=O) groups excluding carboxylic acids is 3. The van der Waals surface area contributed by atoms with Crippen molar-refractivity contribution in [3.05, 3.63) is 46.9 Å². The van der Waals surface area contributed by atoms with E-state index in [0.29, 0.717) is 5.56 Å². The number of aliphatic hydroxyl groups excluding tert-OH is 1. The predicted octanol–water partition coefficient (Wildman–Crippen LogP) is 0.0723. The van der Waals surface area contributed by atoms with Crippen LogP contribution in [0.15, 0.2) is 41.3 Å². The van der Waals surface area contributed by atoms with Crippen molar-refractivity contribution in [1.29, 1.82) is 0 Å². The van der Waals surface area contributed by atoms with Crippen LogP contribution in [-0.4, -0.2) is 61.4 Å². The van der Waals surface area contributed by atoms with Crippen LogP contribution < -0.4 is 5.32 Å². The minimum absolute atomic E-state index is 0.107. The van der Waals surface area contributed by atoms with Crippen LogP contribution in [0.5, 0.6) is 0 Å². The van der Waals surface area contributed by atoms with Gasteiger partial charge < -0.3 is 24.9 Å². The number of hydrogen-bond acceptors (Lipinski definition) is 7. The number of ether oxygens (including phenoxy) is 1. The molecule has 1 aromatic carbocycles. The van der Waals surface area contributed by atoms with Gasteiger partial charge in [-0.05, 0) is 5.56 Å². The highest BCUT2D eigenvalue weighted by molar-refractivity contribution is 8.00. The van der Waals surface area contributed by atoms with E-state index in [1.807, 2.05) is 0 Å². The second-order valence-electron chi connectivity index (χ2n) is 6.46. The summed E-state index contributed by atoms with van der Waals surface area (Å²) in [7, 11) is -4.85. The lowest BCUT2D eigenvalue weighted by molar-refractivity contribution is -0.147. The topological polar surface area (TPSA) is 153 Å². The molecule has 12 heteroatoms. The fourth-order valence-corrected chi connectivity index (χ4v) is 5.65. The average Bonchev–Trinajstić information content (AvgIpc) is 2.68. The molecule has 10 nitrogen and oxygen atoms in total. The fourth-order valence-electron chi connectivity index (χ4n) is 3.07. The second-order valence-corrected chi connectivity index (χ2v) is 9.08. The number of carbonyl (C=O) groups is 3. The van der Waals surface area contributed by atoms with E-state index in [-0.39, 0.29) is 17.9 Å². The Morgan fingerprint density at radius 3 is 2.59 bits per heavy atom. The largest absolute Gasteiger partial charge is 0.461 e. The van der Waals surface area contributed by atoms with Crippen molar-refractivity contribution < 1.29 is 38.6 Å². The lowest BCUT2D eigenvalue weighted by Gasteiger charge is -2.50. The highest BCUT2D eigenvalue weighted by Gasteiger charge is 2.56. The van der Waals surface area contributed by atoms with Crippen LogP contribution in [0, 0.1) is 0 Å². The van der Waals surface area contributed by atoms with Crippen LogP contribution in [0.4, 0.5) is 0 Å². The van der Waals surface area contributed by atoms with Gasteiger partial charge in [0, 0.05) is 18.2 Å². The van der Waals surface area contributed by atoms with E-state index in [9.17, 15) is 33.8 Å². The number of benzene rings is 1. The van der Waals surface area contributed by atoms with Crippen molar-refractivity contribution in [3.63, 3.8) is 0 Å². The van der Waals surface area contributed by atoms with E-state index in [1.54, 1.807) is 30.3 Å². The van der Waals surface area contributed by atoms with Gasteiger partial charge in [0.05, 0.1) is 0 Å². The maximum absolute atomic E-state index is 12.6. The molecule has 0 bridgehead atoms. The van der Waals surface area contributed by atoms with Crippen molar-refractivity contribution in [2.75, 3.05) is 12.4 Å². The summed E-state index contributed by atoms with van der Waals surface area (Å²) in [5.41, 5.74) is -0.0109. The van der Waals surface area contributed by atoms with Gasteiger partial charge in [0.2, 0.25) is 0 Å². The molecule has 0 saturated carbocycles. The first kappa shape index (κ1) is 21.5. The molecule has 1 fully saturated rings. The van der Waals surface area contributed by atoms with Crippen molar-refractivity contribution in [2.24, 2.45) is 0 Å². The van der Waals surface area contributed by atoms with Gasteiger partial charge in [0.15, 0.2) is 6.10 Å². The number of esters is 1. The van der Waals surface area contributed by atoms with Gasteiger partial charge in [0.1, 0.15) is 23.5 Å². The van der Waals surface area contributed by atoms with Gasteiger partial charge in [0.25, 0.3) is 11.8 Å². The molecule has 2 heterocycles. The van der Waals surface area contributed by atoms with Gasteiger partial charge in [-0.2, -0.15) is 0 Å². The molecule has 1 unspecified atom stereocenters. The first-order valence-electron chi connectivity index (χ1n) is 8.51. The van der Waals surface area contributed by atoms with Crippen LogP contribution in [0.25, 0.3) is 0 Å². The van der Waals surface area contributed by atoms with Crippen molar-refractivity contribution in [3.8, 4) is 0 Å². The zero-order chi connectivity index (χ0) is 21.3. The number of β-lactam (4-membered cyclic amide) rings is 1. The van der Waals surface area contributed by atoms with E-state index in [0.717, 1.165) is 11.8 Å². The molecule has 0 spiro atoms. The molecule has 3 rings (SSSR count). The van der Waals surface area contributed by atoms with E-state index < -0.39 is 48.3 Å². The first-order chi connectivity index (χ1) is 13.6. The average molecular weight is 442 g/mol. The number of nitrogens with zero attached hydrogens (tertiary/aromatic N) is 1. The molecule has 4 N–H and O–H groups in total. The molecule has 3 atom stereocenters. The van der Waals surface area contributed by atoms with Crippen molar-refractivity contribution in [1.82, 2.24) is 10.2 Å². The van der Waals surface area contributed by atoms with E-state index in [1.165, 1.54) is 11.8 Å². The van der Waals surface area contributed by atoms with Gasteiger partial charge in [-0.3, -0.25) is 23.8 Å². The Morgan fingerprint density at radius 1 is 1.34 bits per heavy atom. The summed E-state index contributed by atoms with van der Waals surface area (Å²) in [6, 6.07) is 7.11. The van der Waals surface area contributed by atoms with E-state index in [4.69, 9.17) is 4.74 Å². The molecule has 2 aliphatic rings. The van der Waals surface area contributed by atoms with Crippen LogP contribution in [0.3, 0.4) is 0 Å². The Labute approximate surface area is 170 Å². The summed E-state index contributed by atoms with van der Waals surface area (Å²) in [5, 5.41) is 11.9. The second kappa shape index (κ2) is 8.29. The van der Waals surface area contributed by atoms with Crippen LogP contribution >= 0.6 is 19.4 Å². The number of rotatable bonds is 6. The normalized spacial score (nSPS) is 22.5. The lowest BCUT2D eigenvalue weighted by Crippen LogP contribution is -2.70. The van der Waals surface area contributed by atoms with Crippen LogP contribution in [0.2, 0.25) is 0 Å². The van der Waals surface area contributed by atoms with Gasteiger partial charge in [-0.25, -0.2) is 0 Å². The SMILES string of the molecule is CC(=O)OCC1=C(P(=O)(O)O)N2C(=O)[C@@H](NC(=O)C(O)c3ccccc3)[C@H]2SC1. The number of hydrogen-bond donors (Lipinski definition) is 4. The van der Waals surface area contributed by atoms with Crippen LogP contribution in [0.1, 0.15) is 18.6 Å². The predicted molar refractivity (Wildman–Crippen MR) is 102 cm³/mol. The summed E-state index contributed by atoms with van der Waals surface area (Å²) in [5.74, 6) is -2.02. The van der Waals surface area contributed by atoms with E-state index in [2.05, 4.69) is 5.32 Å².